The van der Waals surface area contributed by atoms with Gasteiger partial charge < -0.3 is 10.1 Å². The molecule has 1 spiro atoms. The number of nitrogens with one attached hydrogen (secondary N) is 1. The lowest BCUT2D eigenvalue weighted by molar-refractivity contribution is -0.0294. The quantitative estimate of drug-likeness (QED) is 0.858. The summed E-state index contributed by atoms with van der Waals surface area (Å²) in [5, 5.41) is 7.99. The molecular weight excluding hydrogens is 312 g/mol. The van der Waals surface area contributed by atoms with Crippen LogP contribution in [0.2, 0.25) is 0 Å². The van der Waals surface area contributed by atoms with Crippen molar-refractivity contribution >= 4 is 0 Å². The molecule has 1 saturated heterocycles. The van der Waals surface area contributed by atoms with Crippen molar-refractivity contribution in [3.8, 4) is 0 Å². The molecular formula is C20H36N4O. The molecule has 0 atom stereocenters. The smallest absolute Gasteiger partial charge is 0.0799 e. The first-order valence-electron chi connectivity index (χ1n) is 9.82. The molecule has 1 aliphatic heterocycles. The lowest BCUT2D eigenvalue weighted by atomic mass is 9.72. The van der Waals surface area contributed by atoms with Gasteiger partial charge >= 0.3 is 0 Å². The summed E-state index contributed by atoms with van der Waals surface area (Å²) in [7, 11) is 6.23. The molecule has 1 aromatic heterocycles. The number of hydrogen-bond donors (Lipinski definition) is 1. The van der Waals surface area contributed by atoms with Gasteiger partial charge in [-0.2, -0.15) is 5.10 Å². The number of aromatic nitrogens is 2. The molecule has 1 saturated carbocycles. The first-order chi connectivity index (χ1) is 11.8. The summed E-state index contributed by atoms with van der Waals surface area (Å²) in [5.74, 6) is 0.638. The summed E-state index contributed by atoms with van der Waals surface area (Å²) in [6.45, 7) is 8.60. The van der Waals surface area contributed by atoms with E-state index in [0.717, 1.165) is 26.2 Å². The van der Waals surface area contributed by atoms with Crippen molar-refractivity contribution in [2.24, 2.45) is 12.5 Å². The molecule has 0 radical (unpaired) electrons. The summed E-state index contributed by atoms with van der Waals surface area (Å²) in [6, 6.07) is 0. The Morgan fingerprint density at radius 1 is 1.36 bits per heavy atom. The Kier molecular flexibility index (Phi) is 5.57. The second-order valence-electron chi connectivity index (χ2n) is 9.13. The molecule has 5 heteroatoms. The second kappa shape index (κ2) is 7.37. The lowest BCUT2D eigenvalue weighted by Gasteiger charge is -2.37. The van der Waals surface area contributed by atoms with E-state index in [2.05, 4.69) is 37.3 Å². The second-order valence-corrected chi connectivity index (χ2v) is 9.13. The van der Waals surface area contributed by atoms with E-state index in [1.165, 1.54) is 43.4 Å². The van der Waals surface area contributed by atoms with Crippen LogP contribution < -0.4 is 5.32 Å². The molecule has 0 aromatic carbocycles. The molecule has 3 rings (SSSR count). The maximum atomic E-state index is 6.29. The standard InChI is InChI=1S/C20H36N4O/c1-19(2)14-20(25-15-19)8-6-16(7-9-20)17-12-24(5)22-18(17)13-23(4)11-10-21-3/h12,16,21H,6-11,13-15H2,1-5H3. The van der Waals surface area contributed by atoms with Crippen LogP contribution in [0.1, 0.15) is 63.1 Å². The monoisotopic (exact) mass is 348 g/mol. The summed E-state index contributed by atoms with van der Waals surface area (Å²) in [6.07, 6.45) is 8.34. The third-order valence-electron chi connectivity index (χ3n) is 6.01. The van der Waals surface area contributed by atoms with Gasteiger partial charge in [-0.05, 0) is 63.1 Å². The van der Waals surface area contributed by atoms with Crippen molar-refractivity contribution < 1.29 is 4.74 Å². The molecule has 142 valence electrons. The summed E-state index contributed by atoms with van der Waals surface area (Å²) < 4.78 is 8.29. The largest absolute Gasteiger partial charge is 0.374 e. The number of hydrogen-bond acceptors (Lipinski definition) is 4. The highest BCUT2D eigenvalue weighted by Gasteiger charge is 2.46. The normalized spacial score (nSPS) is 29.0. The molecule has 2 aliphatic rings. The van der Waals surface area contributed by atoms with Gasteiger partial charge in [-0.15, -0.1) is 0 Å². The van der Waals surface area contributed by atoms with Crippen LogP contribution in [-0.2, 0) is 18.3 Å². The van der Waals surface area contributed by atoms with Crippen LogP contribution in [0.4, 0.5) is 0 Å². The Morgan fingerprint density at radius 2 is 2.08 bits per heavy atom. The number of aryl methyl sites for hydroxylation is 1. The Hall–Kier alpha value is -0.910. The zero-order valence-electron chi connectivity index (χ0n) is 16.8. The van der Waals surface area contributed by atoms with E-state index in [1.807, 2.05) is 18.8 Å². The van der Waals surface area contributed by atoms with E-state index in [4.69, 9.17) is 9.84 Å². The fraction of sp³-hybridized carbons (Fsp3) is 0.850. The van der Waals surface area contributed by atoms with E-state index < -0.39 is 0 Å². The fourth-order valence-electron chi connectivity index (χ4n) is 4.75. The Bertz CT molecular complexity index is 572. The first-order valence-corrected chi connectivity index (χ1v) is 9.82. The van der Waals surface area contributed by atoms with Crippen LogP contribution in [0, 0.1) is 5.41 Å². The van der Waals surface area contributed by atoms with Crippen LogP contribution in [-0.4, -0.2) is 54.1 Å². The van der Waals surface area contributed by atoms with Crippen molar-refractivity contribution in [2.75, 3.05) is 33.8 Å². The Morgan fingerprint density at radius 3 is 2.68 bits per heavy atom. The van der Waals surface area contributed by atoms with Gasteiger partial charge in [0.2, 0.25) is 0 Å². The molecule has 0 unspecified atom stereocenters. The van der Waals surface area contributed by atoms with Gasteiger partial charge in [-0.1, -0.05) is 13.8 Å². The van der Waals surface area contributed by atoms with E-state index >= 15 is 0 Å². The predicted molar refractivity (Wildman–Crippen MR) is 102 cm³/mol. The van der Waals surface area contributed by atoms with Crippen LogP contribution >= 0.6 is 0 Å². The molecule has 0 bridgehead atoms. The van der Waals surface area contributed by atoms with E-state index in [1.54, 1.807) is 0 Å². The number of likely N-dealkylation sites (N-methyl/N-ethyl adjacent to an activating group) is 2. The highest BCUT2D eigenvalue weighted by Crippen LogP contribution is 2.50. The molecule has 25 heavy (non-hydrogen) atoms. The Balaban J connectivity index is 1.63. The fourth-order valence-corrected chi connectivity index (χ4v) is 4.75. The maximum Gasteiger partial charge on any atom is 0.0799 e. The van der Waals surface area contributed by atoms with Crippen molar-refractivity contribution in [2.45, 2.75) is 64.0 Å². The number of rotatable bonds is 6. The third-order valence-corrected chi connectivity index (χ3v) is 6.01. The molecule has 0 amide bonds. The van der Waals surface area contributed by atoms with Crippen LogP contribution in [0.3, 0.4) is 0 Å². The van der Waals surface area contributed by atoms with Gasteiger partial charge in [0.1, 0.15) is 0 Å². The Labute approximate surface area is 153 Å². The van der Waals surface area contributed by atoms with Crippen LogP contribution in [0.5, 0.6) is 0 Å². The molecule has 2 fully saturated rings. The average molecular weight is 349 g/mol. The highest BCUT2D eigenvalue weighted by atomic mass is 16.5. The van der Waals surface area contributed by atoms with Gasteiger partial charge in [0, 0.05) is 32.9 Å². The average Bonchev–Trinajstić information content (AvgIpc) is 3.06. The van der Waals surface area contributed by atoms with E-state index in [-0.39, 0.29) is 5.60 Å². The van der Waals surface area contributed by atoms with Crippen molar-refractivity contribution in [1.82, 2.24) is 20.0 Å². The summed E-state index contributed by atoms with van der Waals surface area (Å²) >= 11 is 0. The van der Waals surface area contributed by atoms with Gasteiger partial charge in [-0.25, -0.2) is 0 Å². The number of ether oxygens (including phenoxy) is 1. The highest BCUT2D eigenvalue weighted by molar-refractivity contribution is 5.23. The molecule has 1 aromatic rings. The summed E-state index contributed by atoms with van der Waals surface area (Å²) in [5.41, 5.74) is 3.23. The van der Waals surface area contributed by atoms with Crippen molar-refractivity contribution in [3.63, 3.8) is 0 Å². The predicted octanol–water partition coefficient (Wildman–Crippen LogP) is 2.91. The minimum atomic E-state index is 0.159. The van der Waals surface area contributed by atoms with Gasteiger partial charge in [-0.3, -0.25) is 9.58 Å². The van der Waals surface area contributed by atoms with Gasteiger partial charge in [0.15, 0.2) is 0 Å². The van der Waals surface area contributed by atoms with Crippen molar-refractivity contribution in [3.05, 3.63) is 17.5 Å². The summed E-state index contributed by atoms with van der Waals surface area (Å²) in [4.78, 5) is 2.36. The lowest BCUT2D eigenvalue weighted by Crippen LogP contribution is -2.33. The third kappa shape index (κ3) is 4.44. The zero-order chi connectivity index (χ0) is 18.1. The maximum absolute atomic E-state index is 6.29. The van der Waals surface area contributed by atoms with Gasteiger partial charge in [0.25, 0.3) is 0 Å². The van der Waals surface area contributed by atoms with Crippen molar-refractivity contribution in [1.29, 1.82) is 0 Å². The van der Waals surface area contributed by atoms with E-state index in [9.17, 15) is 0 Å². The van der Waals surface area contributed by atoms with E-state index in [0.29, 0.717) is 11.3 Å². The first kappa shape index (κ1) is 18.9. The number of nitrogens with zero attached hydrogens (tertiary/aromatic N) is 3. The molecule has 2 heterocycles. The minimum absolute atomic E-state index is 0.159. The van der Waals surface area contributed by atoms with Crippen LogP contribution in [0.15, 0.2) is 6.20 Å². The molecule has 1 aliphatic carbocycles. The zero-order valence-corrected chi connectivity index (χ0v) is 16.8. The topological polar surface area (TPSA) is 42.3 Å². The van der Waals surface area contributed by atoms with Gasteiger partial charge in [0.05, 0.1) is 17.9 Å². The molecule has 1 N–H and O–H groups in total. The van der Waals surface area contributed by atoms with Crippen LogP contribution in [0.25, 0.3) is 0 Å². The minimum Gasteiger partial charge on any atom is -0.374 e. The SMILES string of the molecule is CNCCN(C)Cc1nn(C)cc1C1CCC2(CC1)CC(C)(C)CO2. The molecule has 5 nitrogen and oxygen atoms in total.